The zero-order chi connectivity index (χ0) is 21.1. The van der Waals surface area contributed by atoms with E-state index in [2.05, 4.69) is 10.5 Å². The zero-order valence-corrected chi connectivity index (χ0v) is 17.2. The molecule has 0 spiro atoms. The summed E-state index contributed by atoms with van der Waals surface area (Å²) >= 11 is 0. The van der Waals surface area contributed by atoms with Crippen molar-refractivity contribution in [2.24, 2.45) is 0 Å². The number of sulfonamides is 1. The van der Waals surface area contributed by atoms with Crippen LogP contribution in [0.2, 0.25) is 0 Å². The van der Waals surface area contributed by atoms with Crippen molar-refractivity contribution in [3.05, 3.63) is 47.6 Å². The third-order valence-corrected chi connectivity index (χ3v) is 7.45. The molecule has 1 aromatic heterocycles. The fourth-order valence-corrected chi connectivity index (χ4v) is 5.37. The van der Waals surface area contributed by atoms with Crippen LogP contribution >= 0.6 is 0 Å². The van der Waals surface area contributed by atoms with E-state index in [4.69, 9.17) is 9.26 Å². The minimum atomic E-state index is -3.74. The molecule has 0 bridgehead atoms. The second-order valence-corrected chi connectivity index (χ2v) is 9.58. The van der Waals surface area contributed by atoms with Crippen molar-refractivity contribution in [2.45, 2.75) is 42.5 Å². The van der Waals surface area contributed by atoms with E-state index in [1.165, 1.54) is 22.5 Å². The van der Waals surface area contributed by atoms with Crippen LogP contribution in [0.25, 0.3) is 0 Å². The fraction of sp³-hybridized carbons (Fsp3) is 0.500. The van der Waals surface area contributed by atoms with Crippen molar-refractivity contribution in [1.82, 2.24) is 14.8 Å². The van der Waals surface area contributed by atoms with Crippen molar-refractivity contribution < 1.29 is 26.9 Å². The number of hydrogen-bond acceptors (Lipinski definition) is 6. The van der Waals surface area contributed by atoms with Crippen LogP contribution in [-0.2, 0) is 14.8 Å². The molecule has 2 saturated heterocycles. The number of rotatable bonds is 5. The Morgan fingerprint density at radius 3 is 2.70 bits per heavy atom. The smallest absolute Gasteiger partial charge is 0.290 e. The van der Waals surface area contributed by atoms with Gasteiger partial charge in [-0.15, -0.1) is 0 Å². The molecule has 2 fully saturated rings. The van der Waals surface area contributed by atoms with Crippen molar-refractivity contribution >= 4 is 15.9 Å². The molecule has 1 atom stereocenters. The summed E-state index contributed by atoms with van der Waals surface area (Å²) in [5.41, 5.74) is 0.642. The van der Waals surface area contributed by atoms with Gasteiger partial charge in [0, 0.05) is 31.7 Å². The second kappa shape index (κ2) is 8.83. The lowest BCUT2D eigenvalue weighted by Crippen LogP contribution is -2.40. The summed E-state index contributed by atoms with van der Waals surface area (Å²) in [4.78, 5) is 12.3. The molecule has 1 aromatic carbocycles. The number of ether oxygens (including phenoxy) is 1. The molecule has 8 nitrogen and oxygen atoms in total. The molecule has 1 amide bonds. The summed E-state index contributed by atoms with van der Waals surface area (Å²) in [6, 6.07) is 6.61. The van der Waals surface area contributed by atoms with Gasteiger partial charge < -0.3 is 14.6 Å². The topological polar surface area (TPSA) is 102 Å². The molecule has 2 aliphatic heterocycles. The van der Waals surface area contributed by atoms with Crippen molar-refractivity contribution in [3.8, 4) is 0 Å². The van der Waals surface area contributed by atoms with Gasteiger partial charge >= 0.3 is 0 Å². The average Bonchev–Trinajstić information content (AvgIpc) is 3.25. The lowest BCUT2D eigenvalue weighted by Gasteiger charge is -2.30. The van der Waals surface area contributed by atoms with Crippen molar-refractivity contribution in [2.75, 3.05) is 26.3 Å². The Labute approximate surface area is 174 Å². The third kappa shape index (κ3) is 4.55. The first kappa shape index (κ1) is 21.0. The lowest BCUT2D eigenvalue weighted by atomic mass is 9.94. The van der Waals surface area contributed by atoms with Gasteiger partial charge in [0.25, 0.3) is 5.91 Å². The van der Waals surface area contributed by atoms with Gasteiger partial charge in [-0.05, 0) is 43.9 Å². The van der Waals surface area contributed by atoms with Gasteiger partial charge in [0.05, 0.1) is 23.2 Å². The minimum Gasteiger partial charge on any atom is -0.379 e. The molecule has 10 heteroatoms. The summed E-state index contributed by atoms with van der Waals surface area (Å²) < 4.78 is 50.8. The molecule has 3 heterocycles. The molecule has 0 saturated carbocycles. The molecule has 0 unspecified atom stereocenters. The van der Waals surface area contributed by atoms with E-state index >= 15 is 0 Å². The summed E-state index contributed by atoms with van der Waals surface area (Å²) in [5.74, 6) is -0.771. The Morgan fingerprint density at radius 1 is 1.20 bits per heavy atom. The standard InChI is InChI=1S/C20H24FN3O5S/c21-15-3-1-5-17(11-15)30(26,27)24-8-6-14(7-9-24)18-12-19(29-23-18)20(25)22-16-4-2-10-28-13-16/h1,3,5,11-12,14,16H,2,4,6-10,13H2,(H,22,25)/t16-/m1/s1. The molecule has 1 N–H and O–H groups in total. The maximum atomic E-state index is 13.4. The largest absolute Gasteiger partial charge is 0.379 e. The van der Waals surface area contributed by atoms with Gasteiger partial charge in [-0.2, -0.15) is 4.31 Å². The fourth-order valence-electron chi connectivity index (χ4n) is 3.87. The predicted octanol–water partition coefficient (Wildman–Crippen LogP) is 2.29. The number of hydrogen-bond donors (Lipinski definition) is 1. The number of carbonyl (C=O) groups is 1. The Morgan fingerprint density at radius 2 is 2.00 bits per heavy atom. The van der Waals surface area contributed by atoms with Gasteiger partial charge in [0.2, 0.25) is 15.8 Å². The SMILES string of the molecule is O=C(N[C@@H]1CCCOC1)c1cc(C2CCN(S(=O)(=O)c3cccc(F)c3)CC2)no1. The highest BCUT2D eigenvalue weighted by Crippen LogP contribution is 2.30. The Balaban J connectivity index is 1.36. The lowest BCUT2D eigenvalue weighted by molar-refractivity contribution is 0.0608. The van der Waals surface area contributed by atoms with Crippen LogP contribution in [0, 0.1) is 5.82 Å². The molecular weight excluding hydrogens is 413 g/mol. The molecule has 162 valence electrons. The van der Waals surface area contributed by atoms with Crippen LogP contribution in [0.5, 0.6) is 0 Å². The summed E-state index contributed by atoms with van der Waals surface area (Å²) in [6.45, 7) is 1.78. The van der Waals surface area contributed by atoms with Crippen LogP contribution < -0.4 is 5.32 Å². The number of carbonyl (C=O) groups excluding carboxylic acids is 1. The molecular formula is C20H24FN3O5S. The second-order valence-electron chi connectivity index (χ2n) is 7.64. The Bertz CT molecular complexity index is 995. The molecule has 30 heavy (non-hydrogen) atoms. The normalized spacial score (nSPS) is 21.4. The van der Waals surface area contributed by atoms with Crippen LogP contribution in [0.3, 0.4) is 0 Å². The minimum absolute atomic E-state index is 0.00715. The molecule has 4 rings (SSSR count). The van der Waals surface area contributed by atoms with Crippen LogP contribution in [0.4, 0.5) is 4.39 Å². The number of nitrogens with one attached hydrogen (secondary N) is 1. The monoisotopic (exact) mass is 437 g/mol. The predicted molar refractivity (Wildman–Crippen MR) is 105 cm³/mol. The summed E-state index contributed by atoms with van der Waals surface area (Å²) in [6.07, 6.45) is 2.85. The van der Waals surface area contributed by atoms with Gasteiger partial charge in [0.15, 0.2) is 0 Å². The highest BCUT2D eigenvalue weighted by Gasteiger charge is 2.32. The van der Waals surface area contributed by atoms with E-state index in [-0.39, 0.29) is 41.6 Å². The van der Waals surface area contributed by atoms with E-state index in [0.717, 1.165) is 18.9 Å². The van der Waals surface area contributed by atoms with Crippen LogP contribution in [-0.4, -0.2) is 56.1 Å². The zero-order valence-electron chi connectivity index (χ0n) is 16.4. The third-order valence-electron chi connectivity index (χ3n) is 5.55. The Hall–Kier alpha value is -2.30. The number of benzene rings is 1. The highest BCUT2D eigenvalue weighted by molar-refractivity contribution is 7.89. The number of halogens is 1. The van der Waals surface area contributed by atoms with E-state index in [9.17, 15) is 17.6 Å². The summed E-state index contributed by atoms with van der Waals surface area (Å²) in [5, 5.41) is 6.91. The number of piperidine rings is 1. The number of nitrogens with zero attached hydrogens (tertiary/aromatic N) is 2. The molecule has 2 aromatic rings. The van der Waals surface area contributed by atoms with E-state index < -0.39 is 15.8 Å². The van der Waals surface area contributed by atoms with Crippen LogP contribution in [0.1, 0.15) is 47.8 Å². The van der Waals surface area contributed by atoms with Crippen molar-refractivity contribution in [3.63, 3.8) is 0 Å². The number of amides is 1. The van der Waals surface area contributed by atoms with Gasteiger partial charge in [0.1, 0.15) is 5.82 Å². The molecule has 0 radical (unpaired) electrons. The molecule has 2 aliphatic rings. The maximum Gasteiger partial charge on any atom is 0.290 e. The van der Waals surface area contributed by atoms with E-state index in [1.54, 1.807) is 6.07 Å². The molecule has 0 aliphatic carbocycles. The first-order valence-electron chi connectivity index (χ1n) is 10.0. The van der Waals surface area contributed by atoms with Crippen molar-refractivity contribution in [1.29, 1.82) is 0 Å². The average molecular weight is 437 g/mol. The van der Waals surface area contributed by atoms with Crippen LogP contribution in [0.15, 0.2) is 39.8 Å². The van der Waals surface area contributed by atoms with E-state index in [1.807, 2.05) is 0 Å². The van der Waals surface area contributed by atoms with E-state index in [0.29, 0.717) is 31.7 Å². The first-order valence-corrected chi connectivity index (χ1v) is 11.5. The summed E-state index contributed by atoms with van der Waals surface area (Å²) in [7, 11) is -3.74. The Kier molecular flexibility index (Phi) is 6.16. The quantitative estimate of drug-likeness (QED) is 0.770. The van der Waals surface area contributed by atoms with Gasteiger partial charge in [-0.1, -0.05) is 11.2 Å². The van der Waals surface area contributed by atoms with Gasteiger partial charge in [-0.25, -0.2) is 12.8 Å². The first-order chi connectivity index (χ1) is 14.4. The number of aromatic nitrogens is 1. The maximum absolute atomic E-state index is 13.4. The van der Waals surface area contributed by atoms with Gasteiger partial charge in [-0.3, -0.25) is 4.79 Å². The highest BCUT2D eigenvalue weighted by atomic mass is 32.2.